The molecule has 1 aromatic carbocycles. The second-order valence-corrected chi connectivity index (χ2v) is 4.25. The Kier molecular flexibility index (Phi) is 3.09. The van der Waals surface area contributed by atoms with Gasteiger partial charge in [0.1, 0.15) is 5.82 Å². The summed E-state index contributed by atoms with van der Waals surface area (Å²) in [5.41, 5.74) is 0.210. The van der Waals surface area contributed by atoms with Crippen LogP contribution in [0.1, 0.15) is 5.56 Å². The Hall–Kier alpha value is -1.52. The molecule has 6 heteroatoms. The highest BCUT2D eigenvalue weighted by molar-refractivity contribution is 6.43. The Balaban J connectivity index is 2.70. The van der Waals surface area contributed by atoms with Crippen LogP contribution >= 0.6 is 23.2 Å². The third-order valence-electron chi connectivity index (χ3n) is 2.33. The normalized spacial score (nSPS) is 10.5. The lowest BCUT2D eigenvalue weighted by Crippen LogP contribution is -2.12. The average Bonchev–Trinajstić information content (AvgIpc) is 2.29. The van der Waals surface area contributed by atoms with Gasteiger partial charge in [0.2, 0.25) is 5.88 Å². The van der Waals surface area contributed by atoms with E-state index in [2.05, 4.69) is 9.97 Å². The van der Waals surface area contributed by atoms with E-state index in [1.165, 1.54) is 6.92 Å². The highest BCUT2D eigenvalue weighted by Crippen LogP contribution is 2.31. The van der Waals surface area contributed by atoms with Crippen molar-refractivity contribution in [3.8, 4) is 17.3 Å². The minimum atomic E-state index is -0.413. The number of nitrogens with one attached hydrogen (secondary N) is 1. The molecule has 0 saturated carbocycles. The smallest absolute Gasteiger partial charge is 0.257 e. The molecule has 2 rings (SSSR count). The van der Waals surface area contributed by atoms with Crippen LogP contribution in [0.3, 0.4) is 0 Å². The van der Waals surface area contributed by atoms with Gasteiger partial charge in [0.15, 0.2) is 0 Å². The van der Waals surface area contributed by atoms with Gasteiger partial charge in [-0.2, -0.15) is 4.98 Å². The molecule has 2 N–H and O–H groups in total. The number of hydrogen-bond donors (Lipinski definition) is 2. The quantitative estimate of drug-likeness (QED) is 0.838. The lowest BCUT2D eigenvalue weighted by Gasteiger charge is -2.06. The first-order valence-corrected chi connectivity index (χ1v) is 5.50. The van der Waals surface area contributed by atoms with Crippen LogP contribution < -0.4 is 5.56 Å². The van der Waals surface area contributed by atoms with Crippen molar-refractivity contribution in [3.63, 3.8) is 0 Å². The van der Waals surface area contributed by atoms with Gasteiger partial charge in [0.05, 0.1) is 15.6 Å². The predicted octanol–water partition coefficient (Wildman–Crippen LogP) is 2.76. The van der Waals surface area contributed by atoms with Crippen molar-refractivity contribution in [2.75, 3.05) is 0 Å². The van der Waals surface area contributed by atoms with Gasteiger partial charge in [0.25, 0.3) is 5.56 Å². The van der Waals surface area contributed by atoms with E-state index < -0.39 is 5.56 Å². The third kappa shape index (κ3) is 2.14. The van der Waals surface area contributed by atoms with Crippen LogP contribution in [0.15, 0.2) is 23.0 Å². The molecule has 0 amide bonds. The van der Waals surface area contributed by atoms with Crippen molar-refractivity contribution in [3.05, 3.63) is 44.2 Å². The van der Waals surface area contributed by atoms with Gasteiger partial charge in [-0.05, 0) is 19.1 Å². The number of nitrogens with zero attached hydrogens (tertiary/aromatic N) is 1. The highest BCUT2D eigenvalue weighted by Gasteiger charge is 2.12. The number of aromatic nitrogens is 2. The van der Waals surface area contributed by atoms with E-state index >= 15 is 0 Å². The summed E-state index contributed by atoms with van der Waals surface area (Å²) in [6.45, 7) is 1.48. The fourth-order valence-electron chi connectivity index (χ4n) is 1.33. The van der Waals surface area contributed by atoms with E-state index in [4.69, 9.17) is 23.2 Å². The molecule has 0 atom stereocenters. The van der Waals surface area contributed by atoms with Gasteiger partial charge in [0, 0.05) is 5.56 Å². The molecular weight excluding hydrogens is 263 g/mol. The van der Waals surface area contributed by atoms with Crippen LogP contribution in [0.5, 0.6) is 5.88 Å². The second kappa shape index (κ2) is 4.39. The number of aromatic hydroxyl groups is 1. The van der Waals surface area contributed by atoms with Crippen molar-refractivity contribution >= 4 is 23.2 Å². The fourth-order valence-corrected chi connectivity index (χ4v) is 1.72. The van der Waals surface area contributed by atoms with Crippen LogP contribution in [0, 0.1) is 6.92 Å². The Morgan fingerprint density at radius 3 is 2.71 bits per heavy atom. The van der Waals surface area contributed by atoms with Crippen molar-refractivity contribution in [1.29, 1.82) is 0 Å². The maximum atomic E-state index is 11.5. The molecule has 0 aliphatic heterocycles. The molecule has 0 aliphatic carbocycles. The Morgan fingerprint density at radius 2 is 2.06 bits per heavy atom. The number of aromatic amines is 1. The van der Waals surface area contributed by atoms with Gasteiger partial charge >= 0.3 is 0 Å². The average molecular weight is 271 g/mol. The Bertz CT molecular complexity index is 638. The molecule has 1 heterocycles. The molecule has 0 unspecified atom stereocenters. The van der Waals surface area contributed by atoms with Crippen LogP contribution in [0.4, 0.5) is 0 Å². The van der Waals surface area contributed by atoms with E-state index in [1.54, 1.807) is 18.2 Å². The number of rotatable bonds is 1. The van der Waals surface area contributed by atoms with Crippen LogP contribution in [0.25, 0.3) is 11.4 Å². The molecule has 0 spiro atoms. The summed E-state index contributed by atoms with van der Waals surface area (Å²) in [6.07, 6.45) is 0. The first-order chi connectivity index (χ1) is 8.00. The molecule has 0 radical (unpaired) electrons. The van der Waals surface area contributed by atoms with Crippen LogP contribution in [-0.4, -0.2) is 15.1 Å². The molecule has 17 heavy (non-hydrogen) atoms. The van der Waals surface area contributed by atoms with E-state index in [0.29, 0.717) is 10.6 Å². The molecule has 2 aromatic rings. The number of H-pyrrole nitrogens is 1. The van der Waals surface area contributed by atoms with Crippen molar-refractivity contribution in [2.24, 2.45) is 0 Å². The Morgan fingerprint density at radius 1 is 1.35 bits per heavy atom. The molecule has 1 aromatic heterocycles. The lowest BCUT2D eigenvalue weighted by molar-refractivity contribution is 0.447. The van der Waals surface area contributed by atoms with Gasteiger partial charge in [-0.15, -0.1) is 0 Å². The topological polar surface area (TPSA) is 66.0 Å². The molecule has 0 fully saturated rings. The summed E-state index contributed by atoms with van der Waals surface area (Å²) >= 11 is 11.9. The highest BCUT2D eigenvalue weighted by atomic mass is 35.5. The summed E-state index contributed by atoms with van der Waals surface area (Å²) in [6, 6.07) is 4.96. The SMILES string of the molecule is Cc1c(O)nc(-c2cccc(Cl)c2Cl)[nH]c1=O. The van der Waals surface area contributed by atoms with Crippen molar-refractivity contribution in [1.82, 2.24) is 9.97 Å². The van der Waals surface area contributed by atoms with Gasteiger partial charge in [-0.25, -0.2) is 0 Å². The zero-order chi connectivity index (χ0) is 12.6. The summed E-state index contributed by atoms with van der Waals surface area (Å²) in [5, 5.41) is 10.1. The van der Waals surface area contributed by atoms with Crippen molar-refractivity contribution in [2.45, 2.75) is 6.92 Å². The van der Waals surface area contributed by atoms with E-state index in [-0.39, 0.29) is 22.3 Å². The largest absolute Gasteiger partial charge is 0.493 e. The Labute approximate surface area is 107 Å². The maximum absolute atomic E-state index is 11.5. The van der Waals surface area contributed by atoms with Gasteiger partial charge in [-0.3, -0.25) is 4.79 Å². The molecule has 0 aliphatic rings. The van der Waals surface area contributed by atoms with E-state index in [9.17, 15) is 9.90 Å². The number of halogens is 2. The summed E-state index contributed by atoms with van der Waals surface area (Å²) in [4.78, 5) is 17.9. The molecule has 88 valence electrons. The predicted molar refractivity (Wildman–Crippen MR) is 66.7 cm³/mol. The fraction of sp³-hybridized carbons (Fsp3) is 0.0909. The van der Waals surface area contributed by atoms with E-state index in [1.807, 2.05) is 0 Å². The van der Waals surface area contributed by atoms with Crippen molar-refractivity contribution < 1.29 is 5.11 Å². The minimum Gasteiger partial charge on any atom is -0.493 e. The zero-order valence-corrected chi connectivity index (χ0v) is 10.3. The van der Waals surface area contributed by atoms with Crippen LogP contribution in [-0.2, 0) is 0 Å². The molecular formula is C11H8Cl2N2O2. The number of hydrogen-bond acceptors (Lipinski definition) is 3. The first kappa shape index (κ1) is 12.0. The maximum Gasteiger partial charge on any atom is 0.257 e. The number of benzene rings is 1. The van der Waals surface area contributed by atoms with E-state index in [0.717, 1.165) is 0 Å². The summed E-state index contributed by atoms with van der Waals surface area (Å²) in [7, 11) is 0. The first-order valence-electron chi connectivity index (χ1n) is 4.75. The molecule has 4 nitrogen and oxygen atoms in total. The summed E-state index contributed by atoms with van der Waals surface area (Å²) in [5.74, 6) is -0.134. The standard InChI is InChI=1S/C11H8Cl2N2O2/c1-5-10(16)14-9(15-11(5)17)6-3-2-4-7(12)8(6)13/h2-4H,1H3,(H2,14,15,16,17). The molecule has 0 saturated heterocycles. The zero-order valence-electron chi connectivity index (χ0n) is 8.79. The molecule has 0 bridgehead atoms. The monoisotopic (exact) mass is 270 g/mol. The third-order valence-corrected chi connectivity index (χ3v) is 3.15. The van der Waals surface area contributed by atoms with Gasteiger partial charge < -0.3 is 10.1 Å². The minimum absolute atomic E-state index is 0.159. The summed E-state index contributed by atoms with van der Waals surface area (Å²) < 4.78 is 0. The van der Waals surface area contributed by atoms with Crippen LogP contribution in [0.2, 0.25) is 10.0 Å². The lowest BCUT2D eigenvalue weighted by atomic mass is 10.2. The second-order valence-electron chi connectivity index (χ2n) is 3.46. The van der Waals surface area contributed by atoms with Gasteiger partial charge in [-0.1, -0.05) is 29.3 Å².